The van der Waals surface area contributed by atoms with E-state index in [9.17, 15) is 0 Å². The molecule has 4 rings (SSSR count). The van der Waals surface area contributed by atoms with E-state index in [0.717, 1.165) is 27.1 Å². The summed E-state index contributed by atoms with van der Waals surface area (Å²) in [6.07, 6.45) is 1.81. The van der Waals surface area contributed by atoms with Gasteiger partial charge in [-0.2, -0.15) is 0 Å². The van der Waals surface area contributed by atoms with Crippen LogP contribution in [0, 0.1) is 0 Å². The summed E-state index contributed by atoms with van der Waals surface area (Å²) in [6, 6.07) is 20.4. The molecule has 112 valence electrons. The van der Waals surface area contributed by atoms with E-state index in [4.69, 9.17) is 0 Å². The lowest BCUT2D eigenvalue weighted by Gasteiger charge is -2.02. The number of fused-ring (bicyclic) bond motifs is 1. The van der Waals surface area contributed by atoms with Crippen molar-refractivity contribution in [1.82, 2.24) is 15.0 Å². The lowest BCUT2D eigenvalue weighted by atomic mass is 10.2. The van der Waals surface area contributed by atoms with Crippen molar-refractivity contribution in [2.24, 2.45) is 0 Å². The van der Waals surface area contributed by atoms with Gasteiger partial charge in [0.25, 0.3) is 0 Å². The Bertz CT molecular complexity index is 902. The van der Waals surface area contributed by atoms with Gasteiger partial charge in [-0.3, -0.25) is 0 Å². The first-order valence-corrected chi connectivity index (χ1v) is 9.04. The number of hydrogen-bond acceptors (Lipinski definition) is 5. The normalized spacial score (nSPS) is 11.0. The van der Waals surface area contributed by atoms with Crippen molar-refractivity contribution < 1.29 is 0 Å². The maximum absolute atomic E-state index is 4.66. The zero-order valence-electron chi connectivity index (χ0n) is 12.2. The van der Waals surface area contributed by atoms with Crippen LogP contribution in [0.2, 0.25) is 0 Å². The Morgan fingerprint density at radius 3 is 2.57 bits per heavy atom. The number of hydrogen-bond donors (Lipinski definition) is 0. The van der Waals surface area contributed by atoms with Crippen LogP contribution in [0.3, 0.4) is 0 Å². The zero-order valence-corrected chi connectivity index (χ0v) is 13.8. The molecule has 0 bridgehead atoms. The van der Waals surface area contributed by atoms with E-state index in [1.165, 1.54) is 10.3 Å². The van der Waals surface area contributed by atoms with E-state index >= 15 is 0 Å². The fourth-order valence-corrected chi connectivity index (χ4v) is 3.96. The number of nitrogens with zero attached hydrogens (tertiary/aromatic N) is 3. The summed E-state index contributed by atoms with van der Waals surface area (Å²) in [7, 11) is 0. The lowest BCUT2D eigenvalue weighted by molar-refractivity contribution is 0.971. The summed E-state index contributed by atoms with van der Waals surface area (Å²) >= 11 is 3.31. The van der Waals surface area contributed by atoms with Crippen molar-refractivity contribution in [3.63, 3.8) is 0 Å². The van der Waals surface area contributed by atoms with Crippen LogP contribution in [-0.4, -0.2) is 15.0 Å². The molecule has 0 aliphatic carbocycles. The SMILES string of the molecule is c1ccc(CSc2nccc(-c3nc4ccccc4s3)n2)cc1. The van der Waals surface area contributed by atoms with Crippen LogP contribution in [0.1, 0.15) is 5.56 Å². The number of para-hydroxylation sites is 1. The Labute approximate surface area is 142 Å². The number of thioether (sulfide) groups is 1. The Morgan fingerprint density at radius 2 is 1.70 bits per heavy atom. The molecular formula is C18H13N3S2. The molecule has 0 amide bonds. The predicted molar refractivity (Wildman–Crippen MR) is 96.6 cm³/mol. The third-order valence-corrected chi connectivity index (χ3v) is 5.35. The summed E-state index contributed by atoms with van der Waals surface area (Å²) in [4.78, 5) is 13.7. The Kier molecular flexibility index (Phi) is 4.05. The molecule has 0 fully saturated rings. The van der Waals surface area contributed by atoms with Gasteiger partial charge in [-0.1, -0.05) is 54.2 Å². The molecule has 3 nitrogen and oxygen atoms in total. The van der Waals surface area contributed by atoms with E-state index < -0.39 is 0 Å². The van der Waals surface area contributed by atoms with Crippen LogP contribution < -0.4 is 0 Å². The first-order valence-electron chi connectivity index (χ1n) is 7.24. The van der Waals surface area contributed by atoms with E-state index in [-0.39, 0.29) is 0 Å². The van der Waals surface area contributed by atoms with Crippen LogP contribution in [0.25, 0.3) is 20.9 Å². The van der Waals surface area contributed by atoms with Crippen LogP contribution in [0.4, 0.5) is 0 Å². The van der Waals surface area contributed by atoms with Gasteiger partial charge in [-0.15, -0.1) is 11.3 Å². The minimum atomic E-state index is 0.783. The standard InChI is InChI=1S/C18H13N3S2/c1-2-6-13(7-3-1)12-22-18-19-11-10-15(21-18)17-20-14-8-4-5-9-16(14)23-17/h1-11H,12H2. The van der Waals surface area contributed by atoms with E-state index in [1.54, 1.807) is 23.1 Å². The average Bonchev–Trinajstić information content (AvgIpc) is 3.05. The molecule has 0 unspecified atom stereocenters. The first-order chi connectivity index (χ1) is 11.4. The monoisotopic (exact) mass is 335 g/mol. The molecule has 0 aliphatic heterocycles. The van der Waals surface area contributed by atoms with E-state index in [2.05, 4.69) is 33.2 Å². The van der Waals surface area contributed by atoms with Crippen LogP contribution in [0.5, 0.6) is 0 Å². The lowest BCUT2D eigenvalue weighted by Crippen LogP contribution is -1.90. The molecule has 2 heterocycles. The summed E-state index contributed by atoms with van der Waals surface area (Å²) < 4.78 is 1.18. The second kappa shape index (κ2) is 6.48. The second-order valence-electron chi connectivity index (χ2n) is 4.99. The molecule has 0 saturated heterocycles. The number of aromatic nitrogens is 3. The summed E-state index contributed by atoms with van der Waals surface area (Å²) in [5, 5.41) is 1.72. The van der Waals surface area contributed by atoms with Crippen molar-refractivity contribution in [2.45, 2.75) is 10.9 Å². The van der Waals surface area contributed by atoms with Gasteiger partial charge in [0.1, 0.15) is 10.7 Å². The van der Waals surface area contributed by atoms with Gasteiger partial charge in [0.05, 0.1) is 10.2 Å². The summed E-state index contributed by atoms with van der Waals surface area (Å²) in [5.41, 5.74) is 3.17. The molecular weight excluding hydrogens is 322 g/mol. The zero-order chi connectivity index (χ0) is 15.5. The van der Waals surface area contributed by atoms with Gasteiger partial charge in [-0.05, 0) is 23.8 Å². The molecule has 0 saturated carbocycles. The third-order valence-electron chi connectivity index (χ3n) is 3.36. The Balaban J connectivity index is 1.58. The largest absolute Gasteiger partial charge is 0.234 e. The van der Waals surface area contributed by atoms with Crippen LogP contribution in [0.15, 0.2) is 72.0 Å². The number of rotatable bonds is 4. The molecule has 0 aliphatic rings. The highest BCUT2D eigenvalue weighted by atomic mass is 32.2. The molecule has 23 heavy (non-hydrogen) atoms. The van der Waals surface area contributed by atoms with Gasteiger partial charge < -0.3 is 0 Å². The highest BCUT2D eigenvalue weighted by Gasteiger charge is 2.08. The minimum Gasteiger partial charge on any atom is -0.234 e. The van der Waals surface area contributed by atoms with Gasteiger partial charge >= 0.3 is 0 Å². The molecule has 2 aromatic carbocycles. The third kappa shape index (κ3) is 3.25. The minimum absolute atomic E-state index is 0.783. The highest BCUT2D eigenvalue weighted by Crippen LogP contribution is 2.29. The average molecular weight is 335 g/mol. The smallest absolute Gasteiger partial charge is 0.188 e. The predicted octanol–water partition coefficient (Wildman–Crippen LogP) is 5.05. The molecule has 0 radical (unpaired) electrons. The Hall–Kier alpha value is -2.24. The maximum atomic E-state index is 4.66. The molecule has 2 aromatic heterocycles. The molecule has 0 N–H and O–H groups in total. The fraction of sp³-hybridized carbons (Fsp3) is 0.0556. The topological polar surface area (TPSA) is 38.7 Å². The fourth-order valence-electron chi connectivity index (χ4n) is 2.23. The van der Waals surface area contributed by atoms with Gasteiger partial charge in [-0.25, -0.2) is 15.0 Å². The van der Waals surface area contributed by atoms with Crippen LogP contribution in [-0.2, 0) is 5.75 Å². The second-order valence-corrected chi connectivity index (χ2v) is 6.96. The molecule has 5 heteroatoms. The molecule has 0 atom stereocenters. The van der Waals surface area contributed by atoms with Crippen molar-refractivity contribution in [2.75, 3.05) is 0 Å². The van der Waals surface area contributed by atoms with Gasteiger partial charge in [0.15, 0.2) is 5.16 Å². The first kappa shape index (κ1) is 14.4. The highest BCUT2D eigenvalue weighted by molar-refractivity contribution is 7.98. The number of thiazole rings is 1. The summed E-state index contributed by atoms with van der Waals surface area (Å²) in [5.74, 6) is 0.865. The quantitative estimate of drug-likeness (QED) is 0.386. The van der Waals surface area contributed by atoms with Crippen molar-refractivity contribution in [3.05, 3.63) is 72.4 Å². The Morgan fingerprint density at radius 1 is 0.870 bits per heavy atom. The van der Waals surface area contributed by atoms with Crippen molar-refractivity contribution in [3.8, 4) is 10.7 Å². The van der Waals surface area contributed by atoms with E-state index in [0.29, 0.717) is 0 Å². The molecule has 4 aromatic rings. The van der Waals surface area contributed by atoms with Gasteiger partial charge in [0, 0.05) is 11.9 Å². The van der Waals surface area contributed by atoms with Crippen molar-refractivity contribution in [1.29, 1.82) is 0 Å². The number of benzene rings is 2. The van der Waals surface area contributed by atoms with Crippen LogP contribution >= 0.6 is 23.1 Å². The molecule has 0 spiro atoms. The summed E-state index contributed by atoms with van der Waals surface area (Å²) in [6.45, 7) is 0. The van der Waals surface area contributed by atoms with E-state index in [1.807, 2.05) is 48.7 Å². The maximum Gasteiger partial charge on any atom is 0.188 e. The van der Waals surface area contributed by atoms with Crippen molar-refractivity contribution >= 4 is 33.3 Å². The van der Waals surface area contributed by atoms with Gasteiger partial charge in [0.2, 0.25) is 0 Å².